The molecule has 2 N–H and O–H groups in total. The monoisotopic (exact) mass is 211 g/mol. The van der Waals surface area contributed by atoms with Crippen LogP contribution in [0.25, 0.3) is 0 Å². The Labute approximate surface area is 85.7 Å². The third-order valence-electron chi connectivity index (χ3n) is 2.44. The Morgan fingerprint density at radius 2 is 2.07 bits per heavy atom. The summed E-state index contributed by atoms with van der Waals surface area (Å²) in [4.78, 5) is 23.0. The number of nitrogens with zero attached hydrogens (tertiary/aromatic N) is 3. The molecule has 1 fully saturated rings. The molecule has 1 aliphatic rings. The van der Waals surface area contributed by atoms with Crippen molar-refractivity contribution in [3.05, 3.63) is 20.8 Å². The Hall–Kier alpha value is -1.63. The topological polar surface area (TPSA) is 81.0 Å². The van der Waals surface area contributed by atoms with Crippen LogP contribution >= 0.6 is 0 Å². The van der Waals surface area contributed by atoms with Crippen molar-refractivity contribution in [3.8, 4) is 0 Å². The first-order valence-electron chi connectivity index (χ1n) is 4.71. The number of anilines is 1. The van der Waals surface area contributed by atoms with Gasteiger partial charge < -0.3 is 10.6 Å². The van der Waals surface area contributed by atoms with Gasteiger partial charge in [0.1, 0.15) is 0 Å². The molecule has 0 unspecified atom stereocenters. The van der Waals surface area contributed by atoms with Crippen LogP contribution in [0.5, 0.6) is 0 Å². The molecule has 15 heavy (non-hydrogen) atoms. The molecule has 0 aromatic carbocycles. The molecule has 7 heteroatoms. The number of rotatable bonds is 2. The molecule has 7 nitrogen and oxygen atoms in total. The second-order valence-electron chi connectivity index (χ2n) is 3.62. The van der Waals surface area contributed by atoms with Crippen molar-refractivity contribution < 1.29 is 0 Å². The summed E-state index contributed by atoms with van der Waals surface area (Å²) in [5, 5.41) is 9.95. The molecule has 82 valence electrons. The highest BCUT2D eigenvalue weighted by Crippen LogP contribution is 1.98. The van der Waals surface area contributed by atoms with Crippen LogP contribution in [0.3, 0.4) is 0 Å². The number of aryl methyl sites for hydroxylation is 1. The predicted octanol–water partition coefficient (Wildman–Crippen LogP) is -2.14. The molecule has 0 saturated carbocycles. The van der Waals surface area contributed by atoms with Crippen molar-refractivity contribution >= 4 is 5.82 Å². The smallest absolute Gasteiger partial charge is 0.346 e. The molecule has 1 aromatic rings. The summed E-state index contributed by atoms with van der Waals surface area (Å²) in [6.45, 7) is 1.63. The molecule has 2 heterocycles. The standard InChI is InChI=1S/C8H13N5O2/c1-12-7(14)6(10-5-3-9-4-5)11-13(2)8(12)15/h5,9H,3-4H2,1-2H3,(H,10,11). The molecular formula is C8H13N5O2. The minimum atomic E-state index is -0.419. The van der Waals surface area contributed by atoms with Gasteiger partial charge in [0.15, 0.2) is 0 Å². The lowest BCUT2D eigenvalue weighted by molar-refractivity contribution is 0.466. The molecule has 1 aliphatic heterocycles. The fraction of sp³-hybridized carbons (Fsp3) is 0.625. The Morgan fingerprint density at radius 1 is 1.40 bits per heavy atom. The Bertz CT molecular complexity index is 485. The summed E-state index contributed by atoms with van der Waals surface area (Å²) in [7, 11) is 2.96. The summed E-state index contributed by atoms with van der Waals surface area (Å²) < 4.78 is 2.19. The molecule has 0 radical (unpaired) electrons. The van der Waals surface area contributed by atoms with Gasteiger partial charge in [0.05, 0.1) is 6.04 Å². The molecular weight excluding hydrogens is 198 g/mol. The summed E-state index contributed by atoms with van der Waals surface area (Å²) in [6.07, 6.45) is 0. The van der Waals surface area contributed by atoms with E-state index in [1.165, 1.54) is 14.1 Å². The Kier molecular flexibility index (Phi) is 2.31. The Morgan fingerprint density at radius 3 is 2.60 bits per heavy atom. The summed E-state index contributed by atoms with van der Waals surface area (Å²) >= 11 is 0. The lowest BCUT2D eigenvalue weighted by Gasteiger charge is -2.28. The van der Waals surface area contributed by atoms with E-state index in [0.29, 0.717) is 0 Å². The van der Waals surface area contributed by atoms with E-state index in [2.05, 4.69) is 15.7 Å². The zero-order valence-electron chi connectivity index (χ0n) is 8.65. The van der Waals surface area contributed by atoms with Crippen LogP contribution in [0.15, 0.2) is 9.59 Å². The molecule has 0 atom stereocenters. The number of aromatic nitrogens is 3. The van der Waals surface area contributed by atoms with Gasteiger partial charge in [-0.1, -0.05) is 0 Å². The average molecular weight is 211 g/mol. The maximum atomic E-state index is 11.6. The first-order chi connectivity index (χ1) is 7.09. The fourth-order valence-corrected chi connectivity index (χ4v) is 1.37. The van der Waals surface area contributed by atoms with Gasteiger partial charge in [-0.3, -0.25) is 9.36 Å². The van der Waals surface area contributed by atoms with E-state index in [4.69, 9.17) is 0 Å². The van der Waals surface area contributed by atoms with Crippen molar-refractivity contribution in [1.29, 1.82) is 0 Å². The van der Waals surface area contributed by atoms with E-state index < -0.39 is 5.69 Å². The van der Waals surface area contributed by atoms with E-state index in [0.717, 1.165) is 22.3 Å². The lowest BCUT2D eigenvalue weighted by atomic mass is 10.2. The van der Waals surface area contributed by atoms with Crippen molar-refractivity contribution in [2.75, 3.05) is 18.4 Å². The molecule has 1 aromatic heterocycles. The van der Waals surface area contributed by atoms with Crippen LogP contribution in [0, 0.1) is 0 Å². The normalized spacial score (nSPS) is 16.1. The van der Waals surface area contributed by atoms with Gasteiger partial charge >= 0.3 is 5.69 Å². The molecule has 0 spiro atoms. The van der Waals surface area contributed by atoms with Crippen molar-refractivity contribution in [1.82, 2.24) is 19.7 Å². The average Bonchev–Trinajstić information content (AvgIpc) is 2.15. The lowest BCUT2D eigenvalue weighted by Crippen LogP contribution is -2.53. The van der Waals surface area contributed by atoms with Crippen molar-refractivity contribution in [2.24, 2.45) is 14.1 Å². The Balaban J connectivity index is 2.38. The van der Waals surface area contributed by atoms with Crippen LogP contribution in [-0.2, 0) is 14.1 Å². The van der Waals surface area contributed by atoms with Crippen LogP contribution in [-0.4, -0.2) is 33.5 Å². The third-order valence-corrected chi connectivity index (χ3v) is 2.44. The zero-order valence-corrected chi connectivity index (χ0v) is 8.65. The van der Waals surface area contributed by atoms with E-state index in [-0.39, 0.29) is 17.4 Å². The van der Waals surface area contributed by atoms with Crippen LogP contribution < -0.4 is 21.9 Å². The highest BCUT2D eigenvalue weighted by atomic mass is 16.2. The van der Waals surface area contributed by atoms with E-state index in [9.17, 15) is 9.59 Å². The third kappa shape index (κ3) is 1.65. The van der Waals surface area contributed by atoms with Crippen LogP contribution in [0.2, 0.25) is 0 Å². The SMILES string of the molecule is Cn1nc(NC2CNC2)c(=O)n(C)c1=O. The molecule has 0 amide bonds. The van der Waals surface area contributed by atoms with Gasteiger partial charge in [0.25, 0.3) is 5.56 Å². The van der Waals surface area contributed by atoms with Gasteiger partial charge in [-0.25, -0.2) is 9.48 Å². The maximum absolute atomic E-state index is 11.6. The molecule has 2 rings (SSSR count). The second kappa shape index (κ2) is 3.50. The minimum absolute atomic E-state index is 0.225. The molecule has 1 saturated heterocycles. The van der Waals surface area contributed by atoms with E-state index in [1.54, 1.807) is 0 Å². The highest BCUT2D eigenvalue weighted by Gasteiger charge is 2.19. The maximum Gasteiger partial charge on any atom is 0.346 e. The number of hydrogen-bond acceptors (Lipinski definition) is 5. The zero-order chi connectivity index (χ0) is 11.0. The number of nitrogens with one attached hydrogen (secondary N) is 2. The first kappa shape index (κ1) is 9.91. The largest absolute Gasteiger partial charge is 0.359 e. The quantitative estimate of drug-likeness (QED) is 0.583. The fourth-order valence-electron chi connectivity index (χ4n) is 1.37. The first-order valence-corrected chi connectivity index (χ1v) is 4.71. The van der Waals surface area contributed by atoms with Gasteiger partial charge in [0.2, 0.25) is 5.82 Å². The molecule has 0 bridgehead atoms. The summed E-state index contributed by atoms with van der Waals surface area (Å²) in [6, 6.07) is 0.225. The predicted molar refractivity (Wildman–Crippen MR) is 55.0 cm³/mol. The minimum Gasteiger partial charge on any atom is -0.359 e. The van der Waals surface area contributed by atoms with Crippen molar-refractivity contribution in [2.45, 2.75) is 6.04 Å². The van der Waals surface area contributed by atoms with Crippen LogP contribution in [0.1, 0.15) is 0 Å². The van der Waals surface area contributed by atoms with E-state index in [1.807, 2.05) is 0 Å². The second-order valence-corrected chi connectivity index (χ2v) is 3.62. The summed E-state index contributed by atoms with van der Waals surface area (Å²) in [5.74, 6) is 0.228. The van der Waals surface area contributed by atoms with E-state index >= 15 is 0 Å². The number of hydrogen-bond donors (Lipinski definition) is 2. The van der Waals surface area contributed by atoms with Gasteiger partial charge in [0, 0.05) is 27.2 Å². The highest BCUT2D eigenvalue weighted by molar-refractivity contribution is 5.32. The van der Waals surface area contributed by atoms with Gasteiger partial charge in [-0.2, -0.15) is 0 Å². The van der Waals surface area contributed by atoms with Gasteiger partial charge in [-0.05, 0) is 0 Å². The van der Waals surface area contributed by atoms with Crippen LogP contribution in [0.4, 0.5) is 5.82 Å². The summed E-state index contributed by atoms with van der Waals surface area (Å²) in [5.41, 5.74) is -0.803. The molecule has 0 aliphatic carbocycles. The van der Waals surface area contributed by atoms with Crippen molar-refractivity contribution in [3.63, 3.8) is 0 Å². The van der Waals surface area contributed by atoms with Gasteiger partial charge in [-0.15, -0.1) is 5.10 Å².